The van der Waals surface area contributed by atoms with Gasteiger partial charge in [0.2, 0.25) is 6.19 Å². The van der Waals surface area contributed by atoms with Crippen LogP contribution in [0.5, 0.6) is 0 Å². The number of nitrogens with one attached hydrogen (secondary N) is 1. The lowest BCUT2D eigenvalue weighted by atomic mass is 11.4. The lowest BCUT2D eigenvalue weighted by molar-refractivity contribution is -0.529. The summed E-state index contributed by atoms with van der Waals surface area (Å²) < 4.78 is 0. The number of hydrogen-bond donors (Lipinski definition) is 2. The fraction of sp³-hybridized carbons (Fsp3) is 0. The van der Waals surface area contributed by atoms with Gasteiger partial charge in [-0.2, -0.15) is 5.26 Å². The van der Waals surface area contributed by atoms with Crippen LogP contribution in [0.3, 0.4) is 0 Å². The second-order valence-electron chi connectivity index (χ2n) is 0.481. The number of nitro groups is 1. The number of nitrogens with zero attached hydrogens (tertiary/aromatic N) is 2. The van der Waals surface area contributed by atoms with Crippen LogP contribution in [0.15, 0.2) is 0 Å². The maximum absolute atomic E-state index is 9.07. The van der Waals surface area contributed by atoms with Gasteiger partial charge in [0.15, 0.2) is 5.03 Å². The average Bonchev–Trinajstić information content (AvgIpc) is 1.35. The Morgan fingerprint density at radius 1 is 1.86 bits per heavy atom. The molecule has 0 rings (SSSR count). The first-order chi connectivity index (χ1) is 2.77. The molecule has 0 amide bonds. The smallest absolute Gasteiger partial charge is 0.241 e. The second kappa shape index (κ2) is 4.65. The molecule has 4 N–H and O–H groups in total. The molecule has 0 aliphatic heterocycles. The summed E-state index contributed by atoms with van der Waals surface area (Å²) in [5, 5.41) is 15.6. The lowest BCUT2D eigenvalue weighted by Gasteiger charge is -1.73. The molecular formula is CH4N4O2. The van der Waals surface area contributed by atoms with Gasteiger partial charge < -0.3 is 6.15 Å². The Hall–Kier alpha value is -1.35. The van der Waals surface area contributed by atoms with Gasteiger partial charge in [-0.1, -0.05) is 0 Å². The van der Waals surface area contributed by atoms with Crippen molar-refractivity contribution in [3.8, 4) is 6.19 Å². The van der Waals surface area contributed by atoms with Crippen LogP contribution >= 0.6 is 0 Å². The van der Waals surface area contributed by atoms with Crippen molar-refractivity contribution in [3.05, 3.63) is 10.1 Å². The number of nitriles is 1. The van der Waals surface area contributed by atoms with Crippen LogP contribution in [-0.4, -0.2) is 5.03 Å². The van der Waals surface area contributed by atoms with Crippen molar-refractivity contribution in [3.63, 3.8) is 0 Å². The lowest BCUT2D eigenvalue weighted by Crippen LogP contribution is -2.13. The van der Waals surface area contributed by atoms with Crippen molar-refractivity contribution in [2.24, 2.45) is 0 Å². The monoisotopic (exact) mass is 104 g/mol. The van der Waals surface area contributed by atoms with Crippen molar-refractivity contribution in [1.29, 1.82) is 5.26 Å². The van der Waals surface area contributed by atoms with Crippen molar-refractivity contribution in [2.45, 2.75) is 0 Å². The maximum Gasteiger partial charge on any atom is 0.241 e. The van der Waals surface area contributed by atoms with Gasteiger partial charge in [0, 0.05) is 0 Å². The van der Waals surface area contributed by atoms with E-state index in [0.29, 0.717) is 0 Å². The quantitative estimate of drug-likeness (QED) is 0.200. The highest BCUT2D eigenvalue weighted by atomic mass is 16.7. The molecule has 6 nitrogen and oxygen atoms in total. The van der Waals surface area contributed by atoms with Crippen LogP contribution in [0.4, 0.5) is 0 Å². The third-order valence-electron chi connectivity index (χ3n) is 0.141. The maximum atomic E-state index is 9.07. The second-order valence-corrected chi connectivity index (χ2v) is 0.481. The highest BCUT2D eigenvalue weighted by Gasteiger charge is 1.80. The Bertz CT molecular complexity index is 92.4. The molecule has 40 valence electrons. The Morgan fingerprint density at radius 3 is 2.29 bits per heavy atom. The minimum Gasteiger partial charge on any atom is -0.344 e. The van der Waals surface area contributed by atoms with Crippen molar-refractivity contribution in [2.75, 3.05) is 0 Å². The normalized spacial score (nSPS) is 5.00. The zero-order valence-electron chi connectivity index (χ0n) is 3.42. The molecular weight excluding hydrogens is 100 g/mol. The van der Waals surface area contributed by atoms with E-state index in [1.54, 1.807) is 0 Å². The molecule has 0 aromatic carbocycles. The van der Waals surface area contributed by atoms with Gasteiger partial charge in [-0.3, -0.25) is 0 Å². The standard InChI is InChI=1S/CHN3O2.H3N/c2-1-3-4(5)6;/h3H;1H3. The van der Waals surface area contributed by atoms with Gasteiger partial charge in [-0.05, 0) is 5.43 Å². The van der Waals surface area contributed by atoms with Crippen LogP contribution in [0, 0.1) is 21.6 Å². The number of hydrogen-bond acceptors (Lipinski definition) is 4. The third-order valence-corrected chi connectivity index (χ3v) is 0.141. The fourth-order valence-electron chi connectivity index (χ4n) is 0.0408. The predicted octanol–water partition coefficient (Wildman–Crippen LogP) is -0.589. The molecule has 0 heterocycles. The molecule has 6 heteroatoms. The van der Waals surface area contributed by atoms with Crippen LogP contribution in [-0.2, 0) is 0 Å². The van der Waals surface area contributed by atoms with Crippen molar-refractivity contribution >= 4 is 0 Å². The molecule has 7 heavy (non-hydrogen) atoms. The fourth-order valence-corrected chi connectivity index (χ4v) is 0.0408. The summed E-state index contributed by atoms with van der Waals surface area (Å²) in [6.45, 7) is 0. The van der Waals surface area contributed by atoms with E-state index in [1.165, 1.54) is 5.43 Å². The molecule has 0 aromatic rings. The Labute approximate surface area is 39.4 Å². The van der Waals surface area contributed by atoms with Gasteiger partial charge in [0.05, 0.1) is 0 Å². The highest BCUT2D eigenvalue weighted by molar-refractivity contribution is 4.51. The SMILES string of the molecule is N.N#CN[N+](=O)[O-]. The molecule has 0 aromatic heterocycles. The van der Waals surface area contributed by atoms with Gasteiger partial charge >= 0.3 is 0 Å². The number of rotatable bonds is 1. The van der Waals surface area contributed by atoms with Crippen LogP contribution in [0.25, 0.3) is 0 Å². The summed E-state index contributed by atoms with van der Waals surface area (Å²) in [4.78, 5) is 9.07. The first-order valence-electron chi connectivity index (χ1n) is 1.06. The first-order valence-corrected chi connectivity index (χ1v) is 1.06. The zero-order valence-corrected chi connectivity index (χ0v) is 3.42. The minimum absolute atomic E-state index is 0. The first kappa shape index (κ1) is 9.17. The average molecular weight is 104 g/mol. The molecule has 0 radical (unpaired) electrons. The van der Waals surface area contributed by atoms with Crippen LogP contribution in [0.2, 0.25) is 0 Å². The highest BCUT2D eigenvalue weighted by Crippen LogP contribution is 1.46. The van der Waals surface area contributed by atoms with Gasteiger partial charge in [0.1, 0.15) is 0 Å². The van der Waals surface area contributed by atoms with Crippen LogP contribution in [0.1, 0.15) is 0 Å². The number of hydrazine groups is 1. The van der Waals surface area contributed by atoms with Gasteiger partial charge in [-0.25, -0.2) is 10.1 Å². The van der Waals surface area contributed by atoms with E-state index in [-0.39, 0.29) is 6.15 Å². The van der Waals surface area contributed by atoms with E-state index in [9.17, 15) is 0 Å². The Kier molecular flexibility index (Phi) is 6.09. The summed E-state index contributed by atoms with van der Waals surface area (Å²) in [5.41, 5.74) is 1.24. The van der Waals surface area contributed by atoms with Crippen molar-refractivity contribution in [1.82, 2.24) is 11.6 Å². The molecule has 0 spiro atoms. The Balaban J connectivity index is 0. The molecule has 0 atom stereocenters. The van der Waals surface area contributed by atoms with Gasteiger partial charge in [0.25, 0.3) is 0 Å². The van der Waals surface area contributed by atoms with E-state index < -0.39 is 5.03 Å². The van der Waals surface area contributed by atoms with Crippen LogP contribution < -0.4 is 11.6 Å². The topological polar surface area (TPSA) is 114 Å². The summed E-state index contributed by atoms with van der Waals surface area (Å²) >= 11 is 0. The minimum atomic E-state index is -0.931. The summed E-state index contributed by atoms with van der Waals surface area (Å²) in [6, 6.07) is 0. The summed E-state index contributed by atoms with van der Waals surface area (Å²) in [7, 11) is 0. The van der Waals surface area contributed by atoms with Crippen molar-refractivity contribution < 1.29 is 5.03 Å². The Morgan fingerprint density at radius 2 is 2.29 bits per heavy atom. The molecule has 0 aliphatic rings. The third kappa shape index (κ3) is 12.0. The van der Waals surface area contributed by atoms with E-state index in [0.717, 1.165) is 6.19 Å². The van der Waals surface area contributed by atoms with E-state index in [2.05, 4.69) is 0 Å². The molecule has 0 unspecified atom stereocenters. The summed E-state index contributed by atoms with van der Waals surface area (Å²) in [6.07, 6.45) is 1.12. The predicted molar refractivity (Wildman–Crippen MR) is 20.8 cm³/mol. The molecule has 0 saturated heterocycles. The molecule has 0 bridgehead atoms. The van der Waals surface area contributed by atoms with E-state index in [4.69, 9.17) is 15.4 Å². The molecule has 0 fully saturated rings. The largest absolute Gasteiger partial charge is 0.344 e. The molecule has 0 saturated carbocycles. The van der Waals surface area contributed by atoms with E-state index >= 15 is 0 Å². The van der Waals surface area contributed by atoms with Gasteiger partial charge in [-0.15, -0.1) is 0 Å². The molecule has 0 aliphatic carbocycles. The van der Waals surface area contributed by atoms with E-state index in [1.807, 2.05) is 0 Å². The summed E-state index contributed by atoms with van der Waals surface area (Å²) in [5.74, 6) is 0. The zero-order chi connectivity index (χ0) is 4.99.